The number of nitrogens with zero attached hydrogens (tertiary/aromatic N) is 3. The Bertz CT molecular complexity index is 1440. The Hall–Kier alpha value is -3.44. The first-order chi connectivity index (χ1) is 16.1. The number of sulfonamides is 1. The van der Waals surface area contributed by atoms with Crippen LogP contribution in [0.3, 0.4) is 0 Å². The van der Waals surface area contributed by atoms with Crippen LogP contribution >= 0.6 is 0 Å². The summed E-state index contributed by atoms with van der Waals surface area (Å²) in [5, 5.41) is 2.66. The number of benzene rings is 2. The van der Waals surface area contributed by atoms with Crippen LogP contribution < -0.4 is 21.2 Å². The molecule has 0 saturated heterocycles. The minimum atomic E-state index is -3.79. The average molecular weight is 489 g/mol. The Morgan fingerprint density at radius 2 is 1.74 bits per heavy atom. The zero-order valence-electron chi connectivity index (χ0n) is 19.6. The largest absolute Gasteiger partial charge is 0.492 e. The Morgan fingerprint density at radius 3 is 2.38 bits per heavy atom. The van der Waals surface area contributed by atoms with Gasteiger partial charge in [0.05, 0.1) is 22.5 Å². The average Bonchev–Trinajstić information content (AvgIpc) is 2.79. The molecule has 3 aromatic rings. The Kier molecular flexibility index (Phi) is 7.57. The van der Waals surface area contributed by atoms with Gasteiger partial charge in [0.1, 0.15) is 18.9 Å². The fourth-order valence-electron chi connectivity index (χ4n) is 3.50. The number of rotatable bonds is 9. The second-order valence-electron chi connectivity index (χ2n) is 7.89. The number of nitrogens with one attached hydrogen (secondary N) is 1. The molecule has 1 heterocycles. The van der Waals surface area contributed by atoms with Crippen molar-refractivity contribution in [1.82, 2.24) is 18.8 Å². The number of aryl methyl sites for hydroxylation is 2. The van der Waals surface area contributed by atoms with Gasteiger partial charge in [0, 0.05) is 20.6 Å². The summed E-state index contributed by atoms with van der Waals surface area (Å²) in [6, 6.07) is 11.6. The minimum absolute atomic E-state index is 0.0496. The smallest absolute Gasteiger partial charge is 0.317 e. The molecule has 1 N–H and O–H groups in total. The van der Waals surface area contributed by atoms with Gasteiger partial charge in [-0.15, -0.1) is 0 Å². The van der Waals surface area contributed by atoms with Crippen LogP contribution in [0.1, 0.15) is 12.5 Å². The summed E-state index contributed by atoms with van der Waals surface area (Å²) in [7, 11) is -1.00. The molecule has 0 aliphatic heterocycles. The number of hydrogen-bond donors (Lipinski definition) is 1. The Balaban J connectivity index is 1.88. The van der Waals surface area contributed by atoms with Crippen molar-refractivity contribution in [2.75, 3.05) is 27.2 Å². The predicted octanol–water partition coefficient (Wildman–Crippen LogP) is 0.937. The number of carbonyl (C=O) groups is 1. The zero-order chi connectivity index (χ0) is 25.0. The number of amides is 1. The Labute approximate surface area is 197 Å². The van der Waals surface area contributed by atoms with Crippen molar-refractivity contribution in [2.24, 2.45) is 0 Å². The van der Waals surface area contributed by atoms with Gasteiger partial charge in [-0.25, -0.2) is 12.7 Å². The highest BCUT2D eigenvalue weighted by atomic mass is 32.2. The summed E-state index contributed by atoms with van der Waals surface area (Å²) in [5.74, 6) is 0.167. The van der Waals surface area contributed by atoms with Crippen LogP contribution in [0.2, 0.25) is 0 Å². The van der Waals surface area contributed by atoms with E-state index in [1.165, 1.54) is 36.9 Å². The van der Waals surface area contributed by atoms with Crippen LogP contribution in [0.4, 0.5) is 0 Å². The van der Waals surface area contributed by atoms with Gasteiger partial charge in [-0.3, -0.25) is 19.0 Å². The molecule has 0 spiro atoms. The number of hydrogen-bond acceptors (Lipinski definition) is 6. The van der Waals surface area contributed by atoms with Gasteiger partial charge in [-0.2, -0.15) is 0 Å². The van der Waals surface area contributed by atoms with Crippen molar-refractivity contribution >= 4 is 27.0 Å². The maximum Gasteiger partial charge on any atom is 0.317 e. The van der Waals surface area contributed by atoms with E-state index in [1.807, 2.05) is 31.2 Å². The molecular weight excluding hydrogens is 460 g/mol. The molecule has 0 radical (unpaired) electrons. The van der Waals surface area contributed by atoms with Crippen molar-refractivity contribution in [1.29, 1.82) is 0 Å². The Morgan fingerprint density at radius 1 is 1.03 bits per heavy atom. The van der Waals surface area contributed by atoms with E-state index in [2.05, 4.69) is 5.32 Å². The second-order valence-corrected chi connectivity index (χ2v) is 10.0. The molecule has 0 fully saturated rings. The minimum Gasteiger partial charge on any atom is -0.492 e. The molecule has 0 aliphatic carbocycles. The van der Waals surface area contributed by atoms with E-state index < -0.39 is 33.6 Å². The number of fused-ring (bicyclic) bond motifs is 1. The van der Waals surface area contributed by atoms with E-state index in [0.717, 1.165) is 14.4 Å². The predicted molar refractivity (Wildman–Crippen MR) is 129 cm³/mol. The third-order valence-electron chi connectivity index (χ3n) is 5.28. The number of aromatic nitrogens is 2. The lowest BCUT2D eigenvalue weighted by Gasteiger charge is -2.17. The van der Waals surface area contributed by atoms with Gasteiger partial charge >= 0.3 is 11.1 Å². The molecule has 11 heteroatoms. The molecule has 2 aromatic carbocycles. The van der Waals surface area contributed by atoms with E-state index >= 15 is 0 Å². The van der Waals surface area contributed by atoms with E-state index in [0.29, 0.717) is 11.3 Å². The third-order valence-corrected chi connectivity index (χ3v) is 7.09. The monoisotopic (exact) mass is 488 g/mol. The molecule has 3 rings (SSSR count). The van der Waals surface area contributed by atoms with Crippen molar-refractivity contribution in [3.8, 4) is 5.75 Å². The van der Waals surface area contributed by atoms with Crippen LogP contribution in [0.5, 0.6) is 5.75 Å². The zero-order valence-corrected chi connectivity index (χ0v) is 20.4. The normalized spacial score (nSPS) is 11.7. The lowest BCUT2D eigenvalue weighted by molar-refractivity contribution is -0.121. The maximum absolute atomic E-state index is 12.8. The first-order valence-corrected chi connectivity index (χ1v) is 12.2. The van der Waals surface area contributed by atoms with Gasteiger partial charge in [-0.1, -0.05) is 12.1 Å². The maximum atomic E-state index is 12.8. The molecular formula is C23H28N4O6S. The molecule has 1 aromatic heterocycles. The highest BCUT2D eigenvalue weighted by molar-refractivity contribution is 7.89. The SMILES string of the molecule is CCn1c(=O)c(=O)n(CC(=O)NCCOc2cccc(C)c2)c2cc(S(=O)(=O)N(C)C)ccc21. The molecule has 0 aliphatic rings. The summed E-state index contributed by atoms with van der Waals surface area (Å²) in [6.45, 7) is 3.83. The van der Waals surface area contributed by atoms with Gasteiger partial charge in [0.15, 0.2) is 0 Å². The van der Waals surface area contributed by atoms with Crippen LogP contribution in [0, 0.1) is 6.92 Å². The fraction of sp³-hybridized carbons (Fsp3) is 0.348. The first kappa shape index (κ1) is 25.2. The van der Waals surface area contributed by atoms with Gasteiger partial charge < -0.3 is 14.6 Å². The first-order valence-electron chi connectivity index (χ1n) is 10.7. The van der Waals surface area contributed by atoms with E-state index in [-0.39, 0.29) is 30.1 Å². The van der Waals surface area contributed by atoms with Gasteiger partial charge in [0.25, 0.3) is 0 Å². The topological polar surface area (TPSA) is 120 Å². The summed E-state index contributed by atoms with van der Waals surface area (Å²) < 4.78 is 34.1. The second kappa shape index (κ2) is 10.2. The summed E-state index contributed by atoms with van der Waals surface area (Å²) in [4.78, 5) is 37.9. The van der Waals surface area contributed by atoms with Gasteiger partial charge in [-0.05, 0) is 49.7 Å². The number of carbonyl (C=O) groups excluding carboxylic acids is 1. The molecule has 0 atom stereocenters. The molecule has 0 unspecified atom stereocenters. The van der Waals surface area contributed by atoms with Crippen molar-refractivity contribution in [2.45, 2.75) is 31.8 Å². The molecule has 1 amide bonds. The standard InChI is InChI=1S/C23H28N4O6S/c1-5-26-19-10-9-18(34(31,32)25(3)4)14-20(19)27(23(30)22(26)29)15-21(28)24-11-12-33-17-8-6-7-16(2)13-17/h6-10,13-14H,5,11-12,15H2,1-4H3,(H,24,28). The van der Waals surface area contributed by atoms with Crippen molar-refractivity contribution in [3.63, 3.8) is 0 Å². The summed E-state index contributed by atoms with van der Waals surface area (Å²) in [6.07, 6.45) is 0. The van der Waals surface area contributed by atoms with E-state index in [4.69, 9.17) is 4.74 Å². The lowest BCUT2D eigenvalue weighted by atomic mass is 10.2. The molecule has 0 bridgehead atoms. The van der Waals surface area contributed by atoms with Gasteiger partial charge in [0.2, 0.25) is 15.9 Å². The van der Waals surface area contributed by atoms with Crippen LogP contribution in [0.15, 0.2) is 56.9 Å². The summed E-state index contributed by atoms with van der Waals surface area (Å²) in [5.41, 5.74) is -0.0973. The highest BCUT2D eigenvalue weighted by Crippen LogP contribution is 2.20. The summed E-state index contributed by atoms with van der Waals surface area (Å²) >= 11 is 0. The van der Waals surface area contributed by atoms with Crippen LogP contribution in [-0.4, -0.2) is 55.0 Å². The highest BCUT2D eigenvalue weighted by Gasteiger charge is 2.21. The molecule has 34 heavy (non-hydrogen) atoms. The van der Waals surface area contributed by atoms with Crippen LogP contribution in [0.25, 0.3) is 11.0 Å². The lowest BCUT2D eigenvalue weighted by Crippen LogP contribution is -2.44. The van der Waals surface area contributed by atoms with Crippen molar-refractivity contribution < 1.29 is 17.9 Å². The third kappa shape index (κ3) is 5.20. The van der Waals surface area contributed by atoms with E-state index in [9.17, 15) is 22.8 Å². The quantitative estimate of drug-likeness (QED) is 0.354. The molecule has 10 nitrogen and oxygen atoms in total. The fourth-order valence-corrected chi connectivity index (χ4v) is 4.43. The molecule has 182 valence electrons. The number of ether oxygens (including phenoxy) is 1. The molecule has 0 saturated carbocycles. The van der Waals surface area contributed by atoms with E-state index in [1.54, 1.807) is 6.92 Å². The van der Waals surface area contributed by atoms with Crippen LogP contribution in [-0.2, 0) is 27.9 Å². The van der Waals surface area contributed by atoms with Crippen molar-refractivity contribution in [3.05, 3.63) is 68.7 Å².